The zero-order chi connectivity index (χ0) is 15.9. The van der Waals surface area contributed by atoms with Crippen LogP contribution in [0, 0.1) is 0 Å². The Morgan fingerprint density at radius 1 is 1.32 bits per heavy atom. The average molecular weight is 371 g/mol. The van der Waals surface area contributed by atoms with Crippen molar-refractivity contribution >= 4 is 27.9 Å². The van der Waals surface area contributed by atoms with Gasteiger partial charge in [-0.15, -0.1) is 0 Å². The van der Waals surface area contributed by atoms with Gasteiger partial charge in [0.05, 0.1) is 5.54 Å². The van der Waals surface area contributed by atoms with E-state index in [1.165, 1.54) is 0 Å². The van der Waals surface area contributed by atoms with Crippen LogP contribution in [0.25, 0.3) is 0 Å². The fraction of sp³-hybridized carbons (Fsp3) is 0.600. The van der Waals surface area contributed by atoms with Crippen molar-refractivity contribution in [3.63, 3.8) is 0 Å². The molecule has 0 saturated carbocycles. The Hall–Kier alpha value is -1.50. The van der Waals surface area contributed by atoms with Crippen molar-refractivity contribution in [1.82, 2.24) is 9.80 Å². The lowest BCUT2D eigenvalue weighted by Gasteiger charge is -2.40. The van der Waals surface area contributed by atoms with Gasteiger partial charge in [-0.25, -0.2) is 4.79 Å². The van der Waals surface area contributed by atoms with Crippen molar-refractivity contribution in [3.8, 4) is 0 Å². The van der Waals surface area contributed by atoms with Gasteiger partial charge in [-0.3, -0.25) is 9.69 Å². The Labute approximate surface area is 137 Å². The molecule has 22 heavy (non-hydrogen) atoms. The smallest absolute Gasteiger partial charge is 0.410 e. The van der Waals surface area contributed by atoms with E-state index in [2.05, 4.69) is 15.9 Å². The Morgan fingerprint density at radius 3 is 2.50 bits per heavy atom. The van der Waals surface area contributed by atoms with Gasteiger partial charge in [0.2, 0.25) is 0 Å². The molecule has 0 aromatic carbocycles. The van der Waals surface area contributed by atoms with E-state index >= 15 is 0 Å². The Kier molecular flexibility index (Phi) is 3.92. The maximum Gasteiger partial charge on any atom is 0.410 e. The molecule has 0 unspecified atom stereocenters. The van der Waals surface area contributed by atoms with E-state index in [1.54, 1.807) is 17.0 Å². The van der Waals surface area contributed by atoms with Crippen LogP contribution in [0.3, 0.4) is 0 Å². The summed E-state index contributed by atoms with van der Waals surface area (Å²) >= 11 is 3.20. The molecule has 0 radical (unpaired) electrons. The van der Waals surface area contributed by atoms with Crippen molar-refractivity contribution in [2.24, 2.45) is 0 Å². The molecule has 2 aliphatic rings. The third-order valence-electron chi connectivity index (χ3n) is 4.30. The van der Waals surface area contributed by atoms with E-state index in [-0.39, 0.29) is 23.6 Å². The number of amides is 2. The van der Waals surface area contributed by atoms with E-state index in [4.69, 9.17) is 9.15 Å². The lowest BCUT2D eigenvalue weighted by molar-refractivity contribution is 0.0561. The normalized spacial score (nSPS) is 22.0. The number of ether oxygens (including phenoxy) is 1. The van der Waals surface area contributed by atoms with Gasteiger partial charge >= 0.3 is 6.09 Å². The summed E-state index contributed by atoms with van der Waals surface area (Å²) in [4.78, 5) is 27.9. The fourth-order valence-electron chi connectivity index (χ4n) is 3.18. The van der Waals surface area contributed by atoms with E-state index in [0.717, 1.165) is 12.8 Å². The van der Waals surface area contributed by atoms with E-state index in [0.29, 0.717) is 30.1 Å². The van der Waals surface area contributed by atoms with Crippen LogP contribution in [-0.4, -0.2) is 53.1 Å². The molecular formula is C15H19BrN2O4. The monoisotopic (exact) mass is 370 g/mol. The van der Waals surface area contributed by atoms with Gasteiger partial charge in [0.15, 0.2) is 10.4 Å². The van der Waals surface area contributed by atoms with Crippen molar-refractivity contribution in [1.29, 1.82) is 0 Å². The van der Waals surface area contributed by atoms with Crippen LogP contribution in [0.4, 0.5) is 4.79 Å². The lowest BCUT2D eigenvalue weighted by Crippen LogP contribution is -2.53. The van der Waals surface area contributed by atoms with Crippen LogP contribution in [0.5, 0.6) is 0 Å². The van der Waals surface area contributed by atoms with Gasteiger partial charge < -0.3 is 14.1 Å². The Balaban J connectivity index is 1.63. The van der Waals surface area contributed by atoms with Gasteiger partial charge in [-0.1, -0.05) is 0 Å². The molecule has 2 fully saturated rings. The number of carbonyl (C=O) groups excluding carboxylic acids is 2. The summed E-state index contributed by atoms with van der Waals surface area (Å²) < 4.78 is 11.0. The summed E-state index contributed by atoms with van der Waals surface area (Å²) in [5, 5.41) is 0. The Bertz CT molecular complexity index is 590. The summed E-state index contributed by atoms with van der Waals surface area (Å²) in [6.07, 6.45) is 1.27. The molecule has 2 amide bonds. The second-order valence-corrected chi connectivity index (χ2v) is 7.15. The molecule has 0 N–H and O–H groups in total. The van der Waals surface area contributed by atoms with Gasteiger partial charge in [0.25, 0.3) is 5.91 Å². The van der Waals surface area contributed by atoms with Gasteiger partial charge in [-0.2, -0.15) is 0 Å². The lowest BCUT2D eigenvalue weighted by atomic mass is 9.97. The number of likely N-dealkylation sites (tertiary alicyclic amines) is 1. The first-order valence-corrected chi connectivity index (χ1v) is 8.18. The molecule has 3 rings (SSSR count). The first kappa shape index (κ1) is 15.4. The SMILES string of the molecule is CC1(C)COC(=O)N1C1CCN(C(=O)c2ccc(Br)o2)CC1. The van der Waals surface area contributed by atoms with Crippen LogP contribution in [0.1, 0.15) is 37.2 Å². The minimum absolute atomic E-state index is 0.104. The molecule has 120 valence electrons. The number of piperidine rings is 1. The number of furan rings is 1. The third kappa shape index (κ3) is 2.74. The highest BCUT2D eigenvalue weighted by Crippen LogP contribution is 2.31. The number of carbonyl (C=O) groups is 2. The first-order chi connectivity index (χ1) is 10.4. The largest absolute Gasteiger partial charge is 0.447 e. The van der Waals surface area contributed by atoms with Crippen molar-refractivity contribution in [2.75, 3.05) is 19.7 Å². The molecule has 2 aliphatic heterocycles. The van der Waals surface area contributed by atoms with Gasteiger partial charge in [-0.05, 0) is 54.8 Å². The maximum atomic E-state index is 12.3. The van der Waals surface area contributed by atoms with Crippen LogP contribution in [0.2, 0.25) is 0 Å². The second-order valence-electron chi connectivity index (χ2n) is 6.36. The van der Waals surface area contributed by atoms with Crippen LogP contribution in [0.15, 0.2) is 21.2 Å². The second kappa shape index (κ2) is 5.61. The molecule has 1 aromatic heterocycles. The minimum atomic E-state index is -0.278. The number of nitrogens with zero attached hydrogens (tertiary/aromatic N) is 2. The maximum absolute atomic E-state index is 12.3. The predicted octanol–water partition coefficient (Wildman–Crippen LogP) is 2.88. The summed E-state index contributed by atoms with van der Waals surface area (Å²) in [5.41, 5.74) is -0.278. The molecule has 3 heterocycles. The predicted molar refractivity (Wildman–Crippen MR) is 82.6 cm³/mol. The van der Waals surface area contributed by atoms with Gasteiger partial charge in [0.1, 0.15) is 6.61 Å². The highest BCUT2D eigenvalue weighted by molar-refractivity contribution is 9.10. The molecule has 2 saturated heterocycles. The zero-order valence-corrected chi connectivity index (χ0v) is 14.3. The molecule has 0 spiro atoms. The molecular weight excluding hydrogens is 352 g/mol. The van der Waals surface area contributed by atoms with Crippen molar-refractivity contribution in [3.05, 3.63) is 22.6 Å². The first-order valence-electron chi connectivity index (χ1n) is 7.39. The molecule has 0 aliphatic carbocycles. The number of hydrogen-bond acceptors (Lipinski definition) is 4. The number of rotatable bonds is 2. The summed E-state index contributed by atoms with van der Waals surface area (Å²) in [6.45, 7) is 5.67. The number of halogens is 1. The Morgan fingerprint density at radius 2 is 2.00 bits per heavy atom. The topological polar surface area (TPSA) is 63.0 Å². The van der Waals surface area contributed by atoms with Crippen LogP contribution >= 0.6 is 15.9 Å². The number of hydrogen-bond donors (Lipinski definition) is 0. The standard InChI is InChI=1S/C15H19BrN2O4/c1-15(2)9-21-14(20)18(15)10-5-7-17(8-6-10)13(19)11-3-4-12(16)22-11/h3-4,10H,5-9H2,1-2H3. The summed E-state index contributed by atoms with van der Waals surface area (Å²) in [5.74, 6) is 0.235. The highest BCUT2D eigenvalue weighted by atomic mass is 79.9. The summed E-state index contributed by atoms with van der Waals surface area (Å²) in [7, 11) is 0. The van der Waals surface area contributed by atoms with Crippen molar-refractivity contribution in [2.45, 2.75) is 38.3 Å². The molecule has 0 bridgehead atoms. The molecule has 1 aromatic rings. The van der Waals surface area contributed by atoms with E-state index in [1.807, 2.05) is 18.7 Å². The molecule has 6 nitrogen and oxygen atoms in total. The fourth-order valence-corrected chi connectivity index (χ4v) is 3.49. The average Bonchev–Trinajstić information content (AvgIpc) is 3.02. The van der Waals surface area contributed by atoms with Crippen molar-refractivity contribution < 1.29 is 18.7 Å². The quantitative estimate of drug-likeness (QED) is 0.802. The molecule has 0 atom stereocenters. The van der Waals surface area contributed by atoms with Crippen LogP contribution in [-0.2, 0) is 4.74 Å². The van der Waals surface area contributed by atoms with Crippen LogP contribution < -0.4 is 0 Å². The highest BCUT2D eigenvalue weighted by Gasteiger charge is 2.45. The van der Waals surface area contributed by atoms with Gasteiger partial charge in [0, 0.05) is 19.1 Å². The van der Waals surface area contributed by atoms with E-state index < -0.39 is 0 Å². The van der Waals surface area contributed by atoms with E-state index in [9.17, 15) is 9.59 Å². The summed E-state index contributed by atoms with van der Waals surface area (Å²) in [6, 6.07) is 3.50. The minimum Gasteiger partial charge on any atom is -0.447 e. The third-order valence-corrected chi connectivity index (χ3v) is 4.72. The number of cyclic esters (lactones) is 1. The molecule has 7 heteroatoms. The zero-order valence-electron chi connectivity index (χ0n) is 12.7.